The normalized spacial score (nSPS) is 49.8. The van der Waals surface area contributed by atoms with E-state index in [9.17, 15) is 4.79 Å². The van der Waals surface area contributed by atoms with Crippen LogP contribution in [0.15, 0.2) is 11.6 Å². The summed E-state index contributed by atoms with van der Waals surface area (Å²) in [7, 11) is 0. The number of rotatable bonds is 2. The van der Waals surface area contributed by atoms with E-state index in [4.69, 9.17) is 0 Å². The van der Waals surface area contributed by atoms with Gasteiger partial charge >= 0.3 is 0 Å². The minimum Gasteiger partial charge on any atom is -0.316 e. The lowest BCUT2D eigenvalue weighted by molar-refractivity contribution is -0.137. The summed E-state index contributed by atoms with van der Waals surface area (Å²) >= 11 is 0. The molecule has 0 amide bonds. The molecule has 1 aliphatic heterocycles. The highest BCUT2D eigenvalue weighted by Crippen LogP contribution is 2.66. The summed E-state index contributed by atoms with van der Waals surface area (Å²) in [5, 5.41) is 3.62. The van der Waals surface area contributed by atoms with Crippen LogP contribution in [0.3, 0.4) is 0 Å². The Labute approximate surface area is 165 Å². The van der Waals surface area contributed by atoms with Gasteiger partial charge in [0, 0.05) is 12.8 Å². The Morgan fingerprint density at radius 3 is 2.81 bits per heavy atom. The molecule has 7 atom stereocenters. The lowest BCUT2D eigenvalue weighted by Gasteiger charge is -2.60. The van der Waals surface area contributed by atoms with Crippen LogP contribution < -0.4 is 5.32 Å². The van der Waals surface area contributed by atoms with Gasteiger partial charge in [-0.2, -0.15) is 0 Å². The summed E-state index contributed by atoms with van der Waals surface area (Å²) in [6.07, 6.45) is 16.6. The van der Waals surface area contributed by atoms with Crippen LogP contribution in [0.5, 0.6) is 0 Å². The van der Waals surface area contributed by atoms with Crippen LogP contribution >= 0.6 is 0 Å². The topological polar surface area (TPSA) is 29.1 Å². The number of carbonyl (C=O) groups excluding carboxylic acids is 1. The number of ketones is 1. The molecule has 4 fully saturated rings. The molecule has 27 heavy (non-hydrogen) atoms. The summed E-state index contributed by atoms with van der Waals surface area (Å²) in [6.45, 7) is 7.65. The second-order valence-corrected chi connectivity index (χ2v) is 11.2. The maximum Gasteiger partial charge on any atom is 0.133 e. The van der Waals surface area contributed by atoms with Crippen molar-refractivity contribution in [3.05, 3.63) is 11.6 Å². The Balaban J connectivity index is 1.34. The van der Waals surface area contributed by atoms with Crippen molar-refractivity contribution >= 4 is 5.78 Å². The highest BCUT2D eigenvalue weighted by molar-refractivity contribution is 5.79. The predicted molar refractivity (Wildman–Crippen MR) is 110 cm³/mol. The molecule has 150 valence electrons. The lowest BCUT2D eigenvalue weighted by Crippen LogP contribution is -2.53. The van der Waals surface area contributed by atoms with Crippen LogP contribution in [-0.2, 0) is 4.79 Å². The van der Waals surface area contributed by atoms with Gasteiger partial charge in [0.05, 0.1) is 0 Å². The molecule has 0 radical (unpaired) electrons. The minimum atomic E-state index is 0.453. The maximum absolute atomic E-state index is 12.1. The molecule has 0 aromatic carbocycles. The second kappa shape index (κ2) is 6.71. The molecule has 4 aliphatic carbocycles. The zero-order chi connectivity index (χ0) is 18.6. The van der Waals surface area contributed by atoms with E-state index >= 15 is 0 Å². The molecular weight excluding hydrogens is 330 g/mol. The molecule has 1 N–H and O–H groups in total. The number of fused-ring (bicyclic) bond motifs is 5. The Morgan fingerprint density at radius 1 is 1.11 bits per heavy atom. The van der Waals surface area contributed by atoms with Crippen LogP contribution in [0.1, 0.15) is 84.5 Å². The molecule has 1 saturated heterocycles. The van der Waals surface area contributed by atoms with Crippen LogP contribution in [0.25, 0.3) is 0 Å². The van der Waals surface area contributed by atoms with E-state index in [-0.39, 0.29) is 0 Å². The third-order valence-corrected chi connectivity index (χ3v) is 10.1. The van der Waals surface area contributed by atoms with Crippen molar-refractivity contribution in [3.8, 4) is 0 Å². The van der Waals surface area contributed by atoms with Gasteiger partial charge in [-0.3, -0.25) is 4.79 Å². The van der Waals surface area contributed by atoms with E-state index in [0.717, 1.165) is 36.5 Å². The van der Waals surface area contributed by atoms with Gasteiger partial charge in [-0.15, -0.1) is 0 Å². The lowest BCUT2D eigenvalue weighted by atomic mass is 9.44. The van der Waals surface area contributed by atoms with Gasteiger partial charge in [-0.25, -0.2) is 0 Å². The average molecular weight is 370 g/mol. The monoisotopic (exact) mass is 369 g/mol. The summed E-state index contributed by atoms with van der Waals surface area (Å²) in [5.41, 5.74) is 2.76. The van der Waals surface area contributed by atoms with Crippen molar-refractivity contribution in [3.63, 3.8) is 0 Å². The molecule has 2 unspecified atom stereocenters. The predicted octanol–water partition coefficient (Wildman–Crippen LogP) is 5.52. The Hall–Kier alpha value is -0.630. The fourth-order valence-electron chi connectivity index (χ4n) is 8.43. The molecule has 0 aromatic rings. The van der Waals surface area contributed by atoms with Gasteiger partial charge in [-0.1, -0.05) is 25.5 Å². The van der Waals surface area contributed by atoms with Crippen LogP contribution in [0, 0.1) is 40.4 Å². The zero-order valence-electron chi connectivity index (χ0n) is 17.6. The zero-order valence-corrected chi connectivity index (χ0v) is 17.6. The quantitative estimate of drug-likeness (QED) is 0.649. The number of Topliss-reactive ketones (excluding diaryl/α,β-unsaturated/α-hetero) is 1. The molecule has 0 bridgehead atoms. The molecule has 3 saturated carbocycles. The Morgan fingerprint density at radius 2 is 2.00 bits per heavy atom. The minimum absolute atomic E-state index is 0.453. The van der Waals surface area contributed by atoms with E-state index in [1.54, 1.807) is 0 Å². The number of piperidine rings is 1. The van der Waals surface area contributed by atoms with Gasteiger partial charge in [0.15, 0.2) is 0 Å². The fraction of sp³-hybridized carbons (Fsp3) is 0.880. The molecule has 2 heteroatoms. The van der Waals surface area contributed by atoms with E-state index in [2.05, 4.69) is 25.2 Å². The molecular formula is C25H39NO. The van der Waals surface area contributed by atoms with Crippen LogP contribution in [-0.4, -0.2) is 18.9 Å². The molecule has 2 nitrogen and oxygen atoms in total. The van der Waals surface area contributed by atoms with Crippen molar-refractivity contribution in [1.82, 2.24) is 5.32 Å². The Bertz CT molecular complexity index is 632. The van der Waals surface area contributed by atoms with Gasteiger partial charge in [0.25, 0.3) is 0 Å². The molecule has 5 aliphatic rings. The summed E-state index contributed by atoms with van der Waals surface area (Å²) in [5.74, 6) is 4.78. The smallest absolute Gasteiger partial charge is 0.133 e. The van der Waals surface area contributed by atoms with Crippen molar-refractivity contribution in [2.24, 2.45) is 40.4 Å². The highest BCUT2D eigenvalue weighted by atomic mass is 16.1. The molecule has 0 spiro atoms. The number of hydrogen-bond donors (Lipinski definition) is 1. The van der Waals surface area contributed by atoms with Crippen molar-refractivity contribution in [2.75, 3.05) is 13.1 Å². The van der Waals surface area contributed by atoms with Gasteiger partial charge in [0.1, 0.15) is 5.78 Å². The molecule has 1 heterocycles. The third kappa shape index (κ3) is 2.88. The van der Waals surface area contributed by atoms with E-state index in [0.29, 0.717) is 22.5 Å². The van der Waals surface area contributed by atoms with Gasteiger partial charge in [-0.05, 0) is 111 Å². The number of hydrogen-bond acceptors (Lipinski definition) is 2. The van der Waals surface area contributed by atoms with Crippen LogP contribution in [0.2, 0.25) is 0 Å². The Kier molecular flexibility index (Phi) is 4.58. The van der Waals surface area contributed by atoms with E-state index < -0.39 is 0 Å². The van der Waals surface area contributed by atoms with Crippen molar-refractivity contribution < 1.29 is 4.79 Å². The van der Waals surface area contributed by atoms with Gasteiger partial charge in [0.2, 0.25) is 0 Å². The summed E-state index contributed by atoms with van der Waals surface area (Å²) in [4.78, 5) is 12.1. The number of carbonyl (C=O) groups is 1. The standard InChI is InChI=1S/C25H39NO/c1-24-11-9-20(27)15-19(24)5-7-21-22-8-6-18(14-17-4-3-13-26-16-17)25(22,2)12-10-23(21)24/h6,17,19,21-23,26H,3-5,7-16H2,1-2H3/t17?,19?,21-,22-,23-,24-,25+/m0/s1. The first kappa shape index (κ1) is 18.4. The first-order chi connectivity index (χ1) is 13.0. The van der Waals surface area contributed by atoms with Crippen molar-refractivity contribution in [2.45, 2.75) is 84.5 Å². The third-order valence-electron chi connectivity index (χ3n) is 10.1. The largest absolute Gasteiger partial charge is 0.316 e. The molecule has 5 rings (SSSR count). The second-order valence-electron chi connectivity index (χ2n) is 11.2. The van der Waals surface area contributed by atoms with E-state index in [1.807, 2.05) is 5.57 Å². The fourth-order valence-corrected chi connectivity index (χ4v) is 8.43. The van der Waals surface area contributed by atoms with Gasteiger partial charge < -0.3 is 5.32 Å². The first-order valence-corrected chi connectivity index (χ1v) is 11.9. The van der Waals surface area contributed by atoms with Crippen LogP contribution in [0.4, 0.5) is 0 Å². The SMILES string of the molecule is C[C@]12CCC(=O)CC1CC[C@@H]1[C@@H]2CC[C@]2(C)C(CC3CCCNC3)=CC[C@@H]12. The number of nitrogens with one attached hydrogen (secondary N) is 1. The van der Waals surface area contributed by atoms with Crippen molar-refractivity contribution in [1.29, 1.82) is 0 Å². The highest BCUT2D eigenvalue weighted by Gasteiger charge is 2.58. The first-order valence-electron chi connectivity index (χ1n) is 11.9. The maximum atomic E-state index is 12.1. The summed E-state index contributed by atoms with van der Waals surface area (Å²) in [6, 6.07) is 0. The van der Waals surface area contributed by atoms with E-state index in [1.165, 1.54) is 70.9 Å². The average Bonchev–Trinajstić information content (AvgIpc) is 3.00. The summed E-state index contributed by atoms with van der Waals surface area (Å²) < 4.78 is 0. The molecule has 0 aromatic heterocycles. The number of allylic oxidation sites excluding steroid dienone is 2.